The zero-order valence-electron chi connectivity index (χ0n) is 17.4. The molecule has 2 aliphatic rings. The van der Waals surface area contributed by atoms with Gasteiger partial charge in [0.25, 0.3) is 0 Å². The summed E-state index contributed by atoms with van der Waals surface area (Å²) in [7, 11) is 0. The molecule has 2 fully saturated rings. The number of rotatable bonds is 7. The van der Waals surface area contributed by atoms with Gasteiger partial charge in [0, 0.05) is 25.1 Å². The van der Waals surface area contributed by atoms with Gasteiger partial charge in [-0.15, -0.1) is 0 Å². The molecule has 0 radical (unpaired) electrons. The largest absolute Gasteiger partial charge is 0.375 e. The van der Waals surface area contributed by atoms with E-state index in [4.69, 9.17) is 9.26 Å². The fourth-order valence-corrected chi connectivity index (χ4v) is 4.40. The quantitative estimate of drug-likeness (QED) is 0.658. The van der Waals surface area contributed by atoms with Gasteiger partial charge in [0.2, 0.25) is 11.7 Å². The summed E-state index contributed by atoms with van der Waals surface area (Å²) in [4.78, 5) is 6.94. The van der Waals surface area contributed by atoms with E-state index >= 15 is 0 Å². The van der Waals surface area contributed by atoms with Crippen molar-refractivity contribution in [2.45, 2.75) is 76.9 Å². The summed E-state index contributed by atoms with van der Waals surface area (Å²) in [5, 5.41) is 4.01. The molecule has 1 aromatic heterocycles. The highest BCUT2D eigenvalue weighted by Crippen LogP contribution is 2.25. The fourth-order valence-electron chi connectivity index (χ4n) is 4.40. The molecule has 0 atom stereocenters. The Morgan fingerprint density at radius 2 is 1.86 bits per heavy atom. The van der Waals surface area contributed by atoms with Gasteiger partial charge in [0.1, 0.15) is 5.82 Å². The van der Waals surface area contributed by atoms with Gasteiger partial charge in [-0.3, -0.25) is 0 Å². The van der Waals surface area contributed by atoms with E-state index in [9.17, 15) is 4.39 Å². The van der Waals surface area contributed by atoms with Crippen molar-refractivity contribution >= 4 is 0 Å². The topological polar surface area (TPSA) is 51.4 Å². The molecule has 5 nitrogen and oxygen atoms in total. The van der Waals surface area contributed by atoms with Crippen LogP contribution in [0, 0.1) is 12.7 Å². The lowest BCUT2D eigenvalue weighted by molar-refractivity contribution is -0.0557. The molecule has 0 bridgehead atoms. The maximum atomic E-state index is 13.7. The van der Waals surface area contributed by atoms with Crippen LogP contribution in [0.2, 0.25) is 0 Å². The maximum absolute atomic E-state index is 13.7. The fraction of sp³-hybridized carbons (Fsp3) is 0.652. The Morgan fingerprint density at radius 3 is 2.62 bits per heavy atom. The third-order valence-electron chi connectivity index (χ3n) is 6.23. The molecule has 2 aromatic rings. The average molecular weight is 402 g/mol. The van der Waals surface area contributed by atoms with Gasteiger partial charge in [0.05, 0.1) is 12.2 Å². The van der Waals surface area contributed by atoms with E-state index in [1.807, 2.05) is 6.07 Å². The lowest BCUT2D eigenvalue weighted by Crippen LogP contribution is -2.39. The molecule has 0 unspecified atom stereocenters. The molecular weight excluding hydrogens is 369 g/mol. The van der Waals surface area contributed by atoms with Crippen molar-refractivity contribution in [1.29, 1.82) is 0 Å². The molecule has 2 heterocycles. The summed E-state index contributed by atoms with van der Waals surface area (Å²) < 4.78 is 25.4. The Bertz CT molecular complexity index is 780. The van der Waals surface area contributed by atoms with Crippen LogP contribution in [0.5, 0.6) is 0 Å². The molecule has 1 saturated carbocycles. The smallest absolute Gasteiger partial charge is 0.227 e. The molecule has 4 rings (SSSR count). The first-order chi connectivity index (χ1) is 14.2. The summed E-state index contributed by atoms with van der Waals surface area (Å²) in [6.07, 6.45) is 11.5. The van der Waals surface area contributed by atoms with Crippen LogP contribution in [0.25, 0.3) is 11.4 Å². The number of aromatic nitrogens is 2. The van der Waals surface area contributed by atoms with Gasteiger partial charge in [-0.25, -0.2) is 4.39 Å². The number of hydrogen-bond donors (Lipinski definition) is 0. The van der Waals surface area contributed by atoms with Crippen molar-refractivity contribution < 1.29 is 13.7 Å². The van der Waals surface area contributed by atoms with Crippen LogP contribution in [-0.2, 0) is 11.2 Å². The zero-order chi connectivity index (χ0) is 20.1. The summed E-state index contributed by atoms with van der Waals surface area (Å²) in [6.45, 7) is 4.99. The minimum absolute atomic E-state index is 0.246. The van der Waals surface area contributed by atoms with E-state index in [0.717, 1.165) is 45.3 Å². The van der Waals surface area contributed by atoms with E-state index in [0.29, 0.717) is 35.0 Å². The molecule has 158 valence electrons. The Morgan fingerprint density at radius 1 is 1.10 bits per heavy atom. The first-order valence-corrected chi connectivity index (χ1v) is 11.1. The van der Waals surface area contributed by atoms with Crippen LogP contribution in [0.15, 0.2) is 22.7 Å². The molecule has 1 aliphatic heterocycles. The van der Waals surface area contributed by atoms with Crippen molar-refractivity contribution in [3.63, 3.8) is 0 Å². The monoisotopic (exact) mass is 401 g/mol. The Hall–Kier alpha value is -1.79. The van der Waals surface area contributed by atoms with E-state index in [1.165, 1.54) is 38.2 Å². The van der Waals surface area contributed by atoms with Crippen molar-refractivity contribution in [2.24, 2.45) is 0 Å². The summed E-state index contributed by atoms with van der Waals surface area (Å²) in [5.41, 5.74) is 1.27. The van der Waals surface area contributed by atoms with E-state index in [2.05, 4.69) is 15.0 Å². The normalized spacial score (nSPS) is 19.7. The Kier molecular flexibility index (Phi) is 6.93. The van der Waals surface area contributed by atoms with Crippen molar-refractivity contribution in [1.82, 2.24) is 15.0 Å². The van der Waals surface area contributed by atoms with Crippen LogP contribution in [0.3, 0.4) is 0 Å². The molecule has 29 heavy (non-hydrogen) atoms. The van der Waals surface area contributed by atoms with Gasteiger partial charge in [-0.1, -0.05) is 36.6 Å². The SMILES string of the molecule is Cc1ccc(-c2noc(CCCN3CCC(OC4CCCCC4)CC3)n2)cc1F. The summed E-state index contributed by atoms with van der Waals surface area (Å²) in [6, 6.07) is 5.03. The number of likely N-dealkylation sites (tertiary alicyclic amines) is 1. The van der Waals surface area contributed by atoms with Crippen LogP contribution >= 0.6 is 0 Å². The number of halogens is 1. The summed E-state index contributed by atoms with van der Waals surface area (Å²) in [5.74, 6) is 0.834. The zero-order valence-corrected chi connectivity index (χ0v) is 17.4. The number of ether oxygens (including phenoxy) is 1. The molecule has 6 heteroatoms. The Balaban J connectivity index is 1.17. The lowest BCUT2D eigenvalue weighted by atomic mass is 9.97. The van der Waals surface area contributed by atoms with Crippen LogP contribution < -0.4 is 0 Å². The Labute approximate surface area is 172 Å². The van der Waals surface area contributed by atoms with Gasteiger partial charge < -0.3 is 14.2 Å². The van der Waals surface area contributed by atoms with Gasteiger partial charge in [-0.2, -0.15) is 4.98 Å². The number of piperidine rings is 1. The van der Waals surface area contributed by atoms with Crippen molar-refractivity contribution in [3.8, 4) is 11.4 Å². The molecule has 0 spiro atoms. The standard InChI is InChI=1S/C23H32FN3O2/c1-17-9-10-18(16-21(17)24)23-25-22(29-26-23)8-5-13-27-14-11-20(12-15-27)28-19-6-3-2-4-7-19/h9-10,16,19-20H,2-8,11-15H2,1H3. The number of benzene rings is 1. The highest BCUT2D eigenvalue weighted by atomic mass is 19.1. The van der Waals surface area contributed by atoms with Crippen molar-refractivity contribution in [3.05, 3.63) is 35.5 Å². The van der Waals surface area contributed by atoms with Gasteiger partial charge in [0.15, 0.2) is 0 Å². The van der Waals surface area contributed by atoms with Gasteiger partial charge in [-0.05, 0) is 57.2 Å². The van der Waals surface area contributed by atoms with Gasteiger partial charge >= 0.3 is 0 Å². The molecule has 0 amide bonds. The third-order valence-corrected chi connectivity index (χ3v) is 6.23. The minimum atomic E-state index is -0.246. The van der Waals surface area contributed by atoms with E-state index < -0.39 is 0 Å². The van der Waals surface area contributed by atoms with Crippen molar-refractivity contribution in [2.75, 3.05) is 19.6 Å². The molecule has 1 saturated heterocycles. The number of nitrogens with zero attached hydrogens (tertiary/aromatic N) is 3. The first-order valence-electron chi connectivity index (χ1n) is 11.1. The minimum Gasteiger partial charge on any atom is -0.375 e. The summed E-state index contributed by atoms with van der Waals surface area (Å²) >= 11 is 0. The van der Waals surface area contributed by atoms with E-state index in [1.54, 1.807) is 13.0 Å². The predicted octanol–water partition coefficient (Wildman–Crippen LogP) is 4.93. The van der Waals surface area contributed by atoms with Crippen LogP contribution in [-0.4, -0.2) is 46.9 Å². The predicted molar refractivity (Wildman–Crippen MR) is 110 cm³/mol. The lowest BCUT2D eigenvalue weighted by Gasteiger charge is -2.34. The van der Waals surface area contributed by atoms with Crippen LogP contribution in [0.4, 0.5) is 4.39 Å². The molecule has 1 aromatic carbocycles. The molecule has 1 aliphatic carbocycles. The highest BCUT2D eigenvalue weighted by Gasteiger charge is 2.23. The first kappa shape index (κ1) is 20.5. The third kappa shape index (κ3) is 5.64. The second-order valence-corrected chi connectivity index (χ2v) is 8.52. The maximum Gasteiger partial charge on any atom is 0.227 e. The second-order valence-electron chi connectivity index (χ2n) is 8.52. The molecule has 0 N–H and O–H groups in total. The average Bonchev–Trinajstić information content (AvgIpc) is 3.21. The highest BCUT2D eigenvalue weighted by molar-refractivity contribution is 5.54. The van der Waals surface area contributed by atoms with Crippen LogP contribution in [0.1, 0.15) is 62.8 Å². The van der Waals surface area contributed by atoms with E-state index in [-0.39, 0.29) is 5.82 Å². The molecular formula is C23H32FN3O2. The second kappa shape index (κ2) is 9.81. The number of hydrogen-bond acceptors (Lipinski definition) is 5. The number of aryl methyl sites for hydroxylation is 2.